The Labute approximate surface area is 125 Å². The first-order chi connectivity index (χ1) is 9.51. The van der Waals surface area contributed by atoms with Gasteiger partial charge in [-0.1, -0.05) is 32.4 Å². The largest absolute Gasteiger partial charge is 0.375 e. The average Bonchev–Trinajstić information content (AvgIpc) is 2.45. The smallest absolute Gasteiger partial charge is 0.254 e. The molecule has 1 unspecified atom stereocenters. The van der Waals surface area contributed by atoms with E-state index in [0.717, 1.165) is 12.1 Å². The van der Waals surface area contributed by atoms with Crippen molar-refractivity contribution in [2.24, 2.45) is 0 Å². The van der Waals surface area contributed by atoms with E-state index in [1.54, 1.807) is 6.07 Å². The van der Waals surface area contributed by atoms with Crippen molar-refractivity contribution in [3.8, 4) is 0 Å². The van der Waals surface area contributed by atoms with Crippen LogP contribution in [0.4, 0.5) is 0 Å². The minimum atomic E-state index is 0.0120. The van der Waals surface area contributed by atoms with Gasteiger partial charge in [-0.2, -0.15) is 0 Å². The van der Waals surface area contributed by atoms with Crippen molar-refractivity contribution in [3.63, 3.8) is 0 Å². The van der Waals surface area contributed by atoms with E-state index in [0.29, 0.717) is 30.4 Å². The first-order valence-electron chi connectivity index (χ1n) is 7.09. The number of hydrogen-bond donors (Lipinski definition) is 0. The minimum absolute atomic E-state index is 0.0120. The number of carbonyl (C=O) groups is 1. The fraction of sp³-hybridized carbons (Fsp3) is 0.600. The highest BCUT2D eigenvalue weighted by molar-refractivity contribution is 6.29. The molecule has 20 heavy (non-hydrogen) atoms. The van der Waals surface area contributed by atoms with Gasteiger partial charge < -0.3 is 9.64 Å². The molecule has 110 valence electrons. The SMILES string of the molecule is CCC1CN(C(=O)c2cc(Cl)nc(C(C)C)c2)CCO1. The van der Waals surface area contributed by atoms with E-state index < -0.39 is 0 Å². The van der Waals surface area contributed by atoms with Crippen LogP contribution in [-0.2, 0) is 4.74 Å². The molecule has 2 heterocycles. The van der Waals surface area contributed by atoms with Gasteiger partial charge in [-0.25, -0.2) is 4.98 Å². The molecule has 1 fully saturated rings. The van der Waals surface area contributed by atoms with Crippen LogP contribution >= 0.6 is 11.6 Å². The third kappa shape index (κ3) is 3.49. The maximum Gasteiger partial charge on any atom is 0.254 e. The van der Waals surface area contributed by atoms with Crippen LogP contribution in [-0.4, -0.2) is 41.6 Å². The van der Waals surface area contributed by atoms with Crippen LogP contribution in [0.1, 0.15) is 49.2 Å². The third-order valence-electron chi connectivity index (χ3n) is 3.53. The molecule has 1 atom stereocenters. The van der Waals surface area contributed by atoms with Crippen LogP contribution in [0.15, 0.2) is 12.1 Å². The van der Waals surface area contributed by atoms with Gasteiger partial charge in [-0.05, 0) is 24.5 Å². The molecule has 1 saturated heterocycles. The van der Waals surface area contributed by atoms with Gasteiger partial charge in [0.1, 0.15) is 5.15 Å². The van der Waals surface area contributed by atoms with Crippen LogP contribution in [0.3, 0.4) is 0 Å². The summed E-state index contributed by atoms with van der Waals surface area (Å²) in [6, 6.07) is 3.49. The van der Waals surface area contributed by atoms with E-state index in [2.05, 4.69) is 11.9 Å². The molecule has 0 bridgehead atoms. The molecule has 1 aliphatic heterocycles. The van der Waals surface area contributed by atoms with Crippen LogP contribution in [0.25, 0.3) is 0 Å². The quantitative estimate of drug-likeness (QED) is 0.805. The fourth-order valence-electron chi connectivity index (χ4n) is 2.27. The summed E-state index contributed by atoms with van der Waals surface area (Å²) < 4.78 is 5.60. The maximum atomic E-state index is 12.6. The zero-order chi connectivity index (χ0) is 14.7. The van der Waals surface area contributed by atoms with Gasteiger partial charge in [-0.3, -0.25) is 4.79 Å². The number of carbonyl (C=O) groups excluding carboxylic acids is 1. The van der Waals surface area contributed by atoms with Gasteiger partial charge in [0.2, 0.25) is 0 Å². The first kappa shape index (κ1) is 15.3. The van der Waals surface area contributed by atoms with Crippen molar-refractivity contribution in [2.45, 2.75) is 39.2 Å². The number of hydrogen-bond acceptors (Lipinski definition) is 3. The molecule has 0 aliphatic carbocycles. The predicted octanol–water partition coefficient (Wildman–Crippen LogP) is 3.11. The van der Waals surface area contributed by atoms with E-state index >= 15 is 0 Å². The second-order valence-corrected chi connectivity index (χ2v) is 5.80. The summed E-state index contributed by atoms with van der Waals surface area (Å²) in [6.07, 6.45) is 1.05. The highest BCUT2D eigenvalue weighted by atomic mass is 35.5. The molecule has 1 amide bonds. The highest BCUT2D eigenvalue weighted by Crippen LogP contribution is 2.20. The van der Waals surface area contributed by atoms with Crippen molar-refractivity contribution in [2.75, 3.05) is 19.7 Å². The van der Waals surface area contributed by atoms with Crippen LogP contribution in [0.5, 0.6) is 0 Å². The summed E-state index contributed by atoms with van der Waals surface area (Å²) in [7, 11) is 0. The average molecular weight is 297 g/mol. The fourth-order valence-corrected chi connectivity index (χ4v) is 2.48. The Morgan fingerprint density at radius 2 is 2.30 bits per heavy atom. The summed E-state index contributed by atoms with van der Waals surface area (Å²) in [5, 5.41) is 0.375. The molecule has 0 aromatic carbocycles. The highest BCUT2D eigenvalue weighted by Gasteiger charge is 2.24. The topological polar surface area (TPSA) is 42.4 Å². The lowest BCUT2D eigenvalue weighted by molar-refractivity contribution is -0.0226. The van der Waals surface area contributed by atoms with Crippen molar-refractivity contribution >= 4 is 17.5 Å². The molecule has 0 spiro atoms. The number of aromatic nitrogens is 1. The number of amides is 1. The van der Waals surface area contributed by atoms with E-state index in [1.165, 1.54) is 0 Å². The summed E-state index contributed by atoms with van der Waals surface area (Å²) in [5.74, 6) is 0.256. The Bertz CT molecular complexity index is 491. The Hall–Kier alpha value is -1.13. The number of rotatable bonds is 3. The van der Waals surface area contributed by atoms with Crippen LogP contribution < -0.4 is 0 Å². The lowest BCUT2D eigenvalue weighted by Crippen LogP contribution is -2.45. The zero-order valence-electron chi connectivity index (χ0n) is 12.2. The monoisotopic (exact) mass is 296 g/mol. The Balaban J connectivity index is 2.20. The van der Waals surface area contributed by atoms with Gasteiger partial charge in [0.05, 0.1) is 12.7 Å². The molecule has 0 radical (unpaired) electrons. The van der Waals surface area contributed by atoms with Gasteiger partial charge >= 0.3 is 0 Å². The van der Waals surface area contributed by atoms with E-state index in [4.69, 9.17) is 16.3 Å². The van der Waals surface area contributed by atoms with Crippen molar-refractivity contribution in [3.05, 3.63) is 28.5 Å². The Morgan fingerprint density at radius 1 is 1.55 bits per heavy atom. The maximum absolute atomic E-state index is 12.6. The third-order valence-corrected chi connectivity index (χ3v) is 3.73. The molecule has 1 aromatic heterocycles. The first-order valence-corrected chi connectivity index (χ1v) is 7.47. The molecule has 1 aromatic rings. The van der Waals surface area contributed by atoms with Crippen molar-refractivity contribution in [1.29, 1.82) is 0 Å². The molecule has 5 heteroatoms. The lowest BCUT2D eigenvalue weighted by atomic mass is 10.1. The molecule has 4 nitrogen and oxygen atoms in total. The minimum Gasteiger partial charge on any atom is -0.375 e. The summed E-state index contributed by atoms with van der Waals surface area (Å²) >= 11 is 6.03. The molecular formula is C15H21ClN2O2. The standard InChI is InChI=1S/C15H21ClN2O2/c1-4-12-9-18(5-6-20-12)15(19)11-7-13(10(2)3)17-14(16)8-11/h7-8,10,12H,4-6,9H2,1-3H3. The Morgan fingerprint density at radius 3 is 2.95 bits per heavy atom. The van der Waals surface area contributed by atoms with Gasteiger partial charge in [-0.15, -0.1) is 0 Å². The van der Waals surface area contributed by atoms with Crippen LogP contribution in [0, 0.1) is 0 Å². The molecule has 0 saturated carbocycles. The van der Waals surface area contributed by atoms with E-state index in [-0.39, 0.29) is 17.9 Å². The number of ether oxygens (including phenoxy) is 1. The number of nitrogens with zero attached hydrogens (tertiary/aromatic N) is 2. The van der Waals surface area contributed by atoms with Gasteiger partial charge in [0.15, 0.2) is 0 Å². The van der Waals surface area contributed by atoms with Crippen molar-refractivity contribution < 1.29 is 9.53 Å². The molecule has 1 aliphatic rings. The number of halogens is 1. The van der Waals surface area contributed by atoms with Crippen molar-refractivity contribution in [1.82, 2.24) is 9.88 Å². The molecule has 2 rings (SSSR count). The second-order valence-electron chi connectivity index (χ2n) is 5.41. The normalized spacial score (nSPS) is 19.4. The van der Waals surface area contributed by atoms with Gasteiger partial charge in [0.25, 0.3) is 5.91 Å². The zero-order valence-corrected chi connectivity index (χ0v) is 13.0. The van der Waals surface area contributed by atoms with E-state index in [9.17, 15) is 4.79 Å². The van der Waals surface area contributed by atoms with E-state index in [1.807, 2.05) is 24.8 Å². The molecule has 0 N–H and O–H groups in total. The predicted molar refractivity (Wildman–Crippen MR) is 79.3 cm³/mol. The molecular weight excluding hydrogens is 276 g/mol. The number of morpholine rings is 1. The summed E-state index contributed by atoms with van der Waals surface area (Å²) in [6.45, 7) is 8.01. The second kappa shape index (κ2) is 6.55. The summed E-state index contributed by atoms with van der Waals surface area (Å²) in [4.78, 5) is 18.7. The lowest BCUT2D eigenvalue weighted by Gasteiger charge is -2.32. The number of pyridine rings is 1. The van der Waals surface area contributed by atoms with Gasteiger partial charge in [0, 0.05) is 24.3 Å². The van der Waals surface area contributed by atoms with Crippen LogP contribution in [0.2, 0.25) is 5.15 Å². The summed E-state index contributed by atoms with van der Waals surface area (Å²) in [5.41, 5.74) is 1.46. The Kier molecular flexibility index (Phi) is 5.00.